The fourth-order valence-corrected chi connectivity index (χ4v) is 4.98. The van der Waals surface area contributed by atoms with Crippen molar-refractivity contribution in [2.45, 2.75) is 31.2 Å². The number of fused-ring (bicyclic) bond motifs is 1. The second kappa shape index (κ2) is 7.07. The predicted molar refractivity (Wildman–Crippen MR) is 102 cm³/mol. The number of hydrogen-bond acceptors (Lipinski definition) is 4. The molecule has 0 aliphatic carbocycles. The monoisotopic (exact) mass is 373 g/mol. The first-order valence-corrected chi connectivity index (χ1v) is 10.3. The van der Waals surface area contributed by atoms with E-state index in [0.29, 0.717) is 12.0 Å². The third-order valence-corrected chi connectivity index (χ3v) is 6.63. The summed E-state index contributed by atoms with van der Waals surface area (Å²) in [6.07, 6.45) is 0.620. The maximum Gasteiger partial charge on any atom is 0.240 e. The molecule has 0 saturated heterocycles. The van der Waals surface area contributed by atoms with Crippen LogP contribution in [0.4, 0.5) is 0 Å². The van der Waals surface area contributed by atoms with Gasteiger partial charge in [-0.25, -0.2) is 13.1 Å². The van der Waals surface area contributed by atoms with E-state index in [1.165, 1.54) is 41.3 Å². The number of hydrogen-bond donors (Lipinski definition) is 1. The van der Waals surface area contributed by atoms with Gasteiger partial charge < -0.3 is 0 Å². The van der Waals surface area contributed by atoms with E-state index in [2.05, 4.69) is 22.2 Å². The molecular formula is C19H19NO3S2. The van der Waals surface area contributed by atoms with Gasteiger partial charge in [-0.2, -0.15) is 0 Å². The lowest BCUT2D eigenvalue weighted by molar-refractivity contribution is 0.101. The van der Waals surface area contributed by atoms with Gasteiger partial charge in [0, 0.05) is 16.3 Å². The Kier molecular flexibility index (Phi) is 5.03. The van der Waals surface area contributed by atoms with Crippen LogP contribution >= 0.6 is 11.3 Å². The first kappa shape index (κ1) is 17.8. The Bertz CT molecular complexity index is 1000. The van der Waals surface area contributed by atoms with Crippen LogP contribution in [0.25, 0.3) is 10.1 Å². The van der Waals surface area contributed by atoms with Gasteiger partial charge in [0.15, 0.2) is 5.78 Å². The summed E-state index contributed by atoms with van der Waals surface area (Å²) < 4.78 is 29.0. The molecule has 1 aromatic heterocycles. The molecule has 0 saturated carbocycles. The highest BCUT2D eigenvalue weighted by molar-refractivity contribution is 7.89. The molecule has 3 rings (SSSR count). The van der Waals surface area contributed by atoms with Gasteiger partial charge in [0.05, 0.1) is 4.90 Å². The van der Waals surface area contributed by atoms with Crippen molar-refractivity contribution >= 4 is 37.2 Å². The molecule has 0 aliphatic rings. The van der Waals surface area contributed by atoms with Crippen molar-refractivity contribution in [3.63, 3.8) is 0 Å². The molecular weight excluding hydrogens is 354 g/mol. The number of carbonyl (C=O) groups is 1. The highest BCUT2D eigenvalue weighted by atomic mass is 32.2. The maximum absolute atomic E-state index is 12.5. The van der Waals surface area contributed by atoms with Gasteiger partial charge in [0.1, 0.15) is 0 Å². The molecule has 0 radical (unpaired) electrons. The quantitative estimate of drug-likeness (QED) is 0.664. The van der Waals surface area contributed by atoms with Crippen molar-refractivity contribution in [3.05, 3.63) is 65.0 Å². The van der Waals surface area contributed by atoms with Crippen molar-refractivity contribution in [2.75, 3.05) is 0 Å². The number of carbonyl (C=O) groups excluding carboxylic acids is 1. The third kappa shape index (κ3) is 3.98. The number of thiophene rings is 1. The number of sulfonamides is 1. The Labute approximate surface area is 151 Å². The second-order valence-corrected chi connectivity index (χ2v) is 8.69. The lowest BCUT2D eigenvalue weighted by Gasteiger charge is -2.14. The predicted octanol–water partition coefficient (Wildman–Crippen LogP) is 4.01. The van der Waals surface area contributed by atoms with Crippen molar-refractivity contribution in [1.29, 1.82) is 0 Å². The van der Waals surface area contributed by atoms with E-state index >= 15 is 0 Å². The average Bonchev–Trinajstić information content (AvgIpc) is 2.97. The van der Waals surface area contributed by atoms with Gasteiger partial charge in [-0.15, -0.1) is 11.3 Å². The van der Waals surface area contributed by atoms with Gasteiger partial charge in [-0.1, -0.05) is 30.3 Å². The third-order valence-electron chi connectivity index (χ3n) is 4.01. The molecule has 130 valence electrons. The molecule has 6 heteroatoms. The van der Waals surface area contributed by atoms with Crippen molar-refractivity contribution in [2.24, 2.45) is 0 Å². The lowest BCUT2D eigenvalue weighted by Crippen LogP contribution is -2.34. The summed E-state index contributed by atoms with van der Waals surface area (Å²) in [5, 5.41) is 3.25. The molecule has 0 amide bonds. The topological polar surface area (TPSA) is 63.2 Å². The minimum absolute atomic E-state index is 0.0883. The van der Waals surface area contributed by atoms with Crippen LogP contribution in [0, 0.1) is 0 Å². The molecule has 0 spiro atoms. The molecule has 1 heterocycles. The summed E-state index contributed by atoms with van der Waals surface area (Å²) in [6, 6.07) is 13.9. The van der Waals surface area contributed by atoms with Crippen LogP contribution in [0.5, 0.6) is 0 Å². The summed E-state index contributed by atoms with van der Waals surface area (Å²) in [5.74, 6) is -0.0883. The SMILES string of the molecule is CC(=O)c1ccc(S(=O)(=O)N[C@@H](C)Cc2csc3ccccc23)cc1. The van der Waals surface area contributed by atoms with Gasteiger partial charge in [-0.3, -0.25) is 4.79 Å². The molecule has 4 nitrogen and oxygen atoms in total. The zero-order chi connectivity index (χ0) is 18.0. The van der Waals surface area contributed by atoms with Crippen molar-refractivity contribution in [1.82, 2.24) is 4.72 Å². The van der Waals surface area contributed by atoms with E-state index < -0.39 is 10.0 Å². The minimum atomic E-state index is -3.62. The molecule has 0 bridgehead atoms. The van der Waals surface area contributed by atoms with E-state index in [1.807, 2.05) is 19.1 Å². The largest absolute Gasteiger partial charge is 0.295 e. The van der Waals surface area contributed by atoms with Gasteiger partial charge >= 0.3 is 0 Å². The van der Waals surface area contributed by atoms with E-state index in [0.717, 1.165) is 5.56 Å². The average molecular weight is 373 g/mol. The van der Waals surface area contributed by atoms with Crippen LogP contribution in [0.3, 0.4) is 0 Å². The van der Waals surface area contributed by atoms with E-state index in [-0.39, 0.29) is 16.7 Å². The summed E-state index contributed by atoms with van der Waals surface area (Å²) in [6.45, 7) is 3.31. The number of benzene rings is 2. The van der Waals surface area contributed by atoms with Crippen molar-refractivity contribution in [3.8, 4) is 0 Å². The van der Waals surface area contributed by atoms with Crippen LogP contribution < -0.4 is 4.72 Å². The molecule has 0 unspecified atom stereocenters. The molecule has 0 aliphatic heterocycles. The minimum Gasteiger partial charge on any atom is -0.295 e. The number of nitrogens with one attached hydrogen (secondary N) is 1. The zero-order valence-electron chi connectivity index (χ0n) is 14.0. The summed E-state index contributed by atoms with van der Waals surface area (Å²) in [4.78, 5) is 11.5. The summed E-state index contributed by atoms with van der Waals surface area (Å²) in [5.41, 5.74) is 1.64. The fourth-order valence-electron chi connectivity index (χ4n) is 2.76. The highest BCUT2D eigenvalue weighted by Gasteiger charge is 2.18. The summed E-state index contributed by atoms with van der Waals surface area (Å²) in [7, 11) is -3.62. The van der Waals surface area contributed by atoms with Crippen molar-refractivity contribution < 1.29 is 13.2 Å². The van der Waals surface area contributed by atoms with Crippen LogP contribution in [0.1, 0.15) is 29.8 Å². The maximum atomic E-state index is 12.5. The lowest BCUT2D eigenvalue weighted by atomic mass is 10.1. The Balaban J connectivity index is 1.75. The van der Waals surface area contributed by atoms with Crippen LogP contribution in [-0.2, 0) is 16.4 Å². The van der Waals surface area contributed by atoms with Crippen LogP contribution in [-0.4, -0.2) is 20.2 Å². The van der Waals surface area contributed by atoms with E-state index in [9.17, 15) is 13.2 Å². The van der Waals surface area contributed by atoms with E-state index in [4.69, 9.17) is 0 Å². The van der Waals surface area contributed by atoms with E-state index in [1.54, 1.807) is 11.3 Å². The van der Waals surface area contributed by atoms with Gasteiger partial charge in [0.25, 0.3) is 0 Å². The second-order valence-electron chi connectivity index (χ2n) is 6.06. The van der Waals surface area contributed by atoms with Crippen LogP contribution in [0.15, 0.2) is 58.8 Å². The zero-order valence-corrected chi connectivity index (χ0v) is 15.7. The number of ketones is 1. The Morgan fingerprint density at radius 2 is 1.80 bits per heavy atom. The fraction of sp³-hybridized carbons (Fsp3) is 0.211. The Hall–Kier alpha value is -2.02. The standard InChI is InChI=1S/C19H19NO3S2/c1-13(11-16-12-24-19-6-4-3-5-18(16)19)20-25(22,23)17-9-7-15(8-10-17)14(2)21/h3-10,12-13,20H,11H2,1-2H3/t13-/m0/s1. The van der Waals surface area contributed by atoms with Gasteiger partial charge in [-0.05, 0) is 54.8 Å². The Morgan fingerprint density at radius 1 is 1.12 bits per heavy atom. The van der Waals surface area contributed by atoms with Gasteiger partial charge in [0.2, 0.25) is 10.0 Å². The first-order chi connectivity index (χ1) is 11.9. The molecule has 1 N–H and O–H groups in total. The normalized spacial score (nSPS) is 13.0. The molecule has 25 heavy (non-hydrogen) atoms. The highest BCUT2D eigenvalue weighted by Crippen LogP contribution is 2.26. The Morgan fingerprint density at radius 3 is 2.48 bits per heavy atom. The van der Waals surface area contributed by atoms with Crippen LogP contribution in [0.2, 0.25) is 0 Å². The number of Topliss-reactive ketones (excluding diaryl/α,β-unsaturated/α-hetero) is 1. The first-order valence-electron chi connectivity index (χ1n) is 7.95. The molecule has 2 aromatic carbocycles. The molecule has 3 aromatic rings. The molecule has 0 fully saturated rings. The number of rotatable bonds is 6. The summed E-state index contributed by atoms with van der Waals surface area (Å²) >= 11 is 1.67. The smallest absolute Gasteiger partial charge is 0.240 e. The molecule has 1 atom stereocenters.